The lowest BCUT2D eigenvalue weighted by atomic mass is 9.77. The third-order valence-corrected chi connectivity index (χ3v) is 9.70. The van der Waals surface area contributed by atoms with Crippen molar-refractivity contribution in [1.29, 1.82) is 0 Å². The molecule has 0 atom stereocenters. The number of ether oxygens (including phenoxy) is 2. The van der Waals surface area contributed by atoms with Gasteiger partial charge in [-0.05, 0) is 139 Å². The summed E-state index contributed by atoms with van der Waals surface area (Å²) in [5.41, 5.74) is 11.3. The fourth-order valence-corrected chi connectivity index (χ4v) is 7.03. The highest BCUT2D eigenvalue weighted by molar-refractivity contribution is 6.10. The molecule has 8 nitrogen and oxygen atoms in total. The van der Waals surface area contributed by atoms with Crippen LogP contribution >= 0.6 is 0 Å². The fourth-order valence-electron chi connectivity index (χ4n) is 7.03. The highest BCUT2D eigenvalue weighted by Crippen LogP contribution is 2.39. The Bertz CT molecular complexity index is 1390. The monoisotopic (exact) mass is 644 g/mol. The number of anilines is 1. The molecule has 47 heavy (non-hydrogen) atoms. The minimum Gasteiger partial charge on any atom is -0.496 e. The molecule has 0 aliphatic heterocycles. The van der Waals surface area contributed by atoms with E-state index in [1.165, 1.54) is 11.1 Å². The van der Waals surface area contributed by atoms with E-state index in [0.717, 1.165) is 73.9 Å². The van der Waals surface area contributed by atoms with Gasteiger partial charge in [0.05, 0.1) is 13.2 Å². The van der Waals surface area contributed by atoms with Crippen molar-refractivity contribution in [2.45, 2.75) is 104 Å². The van der Waals surface area contributed by atoms with Gasteiger partial charge in [-0.25, -0.2) is 4.79 Å². The van der Waals surface area contributed by atoms with Crippen LogP contribution in [0.2, 0.25) is 0 Å². The van der Waals surface area contributed by atoms with E-state index in [-0.39, 0.29) is 30.1 Å². The molecule has 8 heteroatoms. The summed E-state index contributed by atoms with van der Waals surface area (Å²) in [4.78, 5) is 33.0. The first kappa shape index (κ1) is 36.0. The van der Waals surface area contributed by atoms with Crippen molar-refractivity contribution in [3.05, 3.63) is 65.4 Å². The number of methoxy groups -OCH3 is 1. The second kappa shape index (κ2) is 17.4. The van der Waals surface area contributed by atoms with Gasteiger partial charge < -0.3 is 25.4 Å². The Morgan fingerprint density at radius 1 is 0.979 bits per heavy atom. The van der Waals surface area contributed by atoms with Crippen LogP contribution in [0, 0.1) is 24.7 Å². The number of carbonyl (C=O) groups is 2. The van der Waals surface area contributed by atoms with Gasteiger partial charge in [0.15, 0.2) is 0 Å². The Morgan fingerprint density at radius 3 is 2.30 bits per heavy atom. The van der Waals surface area contributed by atoms with Crippen LogP contribution in [-0.2, 0) is 9.53 Å². The Kier molecular flexibility index (Phi) is 13.3. The molecule has 0 bridgehead atoms. The summed E-state index contributed by atoms with van der Waals surface area (Å²) >= 11 is 0. The number of aliphatic imine (C=N–C) groups is 1. The maximum Gasteiger partial charge on any atom is 0.407 e. The zero-order valence-electron chi connectivity index (χ0n) is 29.3. The minimum absolute atomic E-state index is 0.0387. The zero-order chi connectivity index (χ0) is 33.9. The summed E-state index contributed by atoms with van der Waals surface area (Å²) in [5, 5.41) is 2.91. The van der Waals surface area contributed by atoms with Gasteiger partial charge >= 0.3 is 6.09 Å². The molecule has 4 rings (SSSR count). The largest absolute Gasteiger partial charge is 0.496 e. The van der Waals surface area contributed by atoms with Crippen LogP contribution in [0.15, 0.2) is 53.7 Å². The third kappa shape index (κ3) is 10.3. The van der Waals surface area contributed by atoms with E-state index in [0.29, 0.717) is 30.8 Å². The Labute approximate surface area is 282 Å². The maximum absolute atomic E-state index is 14.4. The molecule has 2 aliphatic rings. The van der Waals surface area contributed by atoms with Crippen molar-refractivity contribution in [1.82, 2.24) is 5.32 Å². The number of nitrogens with zero attached hydrogens (tertiary/aromatic N) is 2. The molecule has 0 spiro atoms. The smallest absolute Gasteiger partial charge is 0.407 e. The van der Waals surface area contributed by atoms with E-state index < -0.39 is 0 Å². The average molecular weight is 645 g/mol. The van der Waals surface area contributed by atoms with E-state index >= 15 is 0 Å². The summed E-state index contributed by atoms with van der Waals surface area (Å²) in [6.07, 6.45) is 10.7. The van der Waals surface area contributed by atoms with Crippen LogP contribution in [0.25, 0.3) is 5.57 Å². The lowest BCUT2D eigenvalue weighted by Crippen LogP contribution is -2.42. The Morgan fingerprint density at radius 2 is 1.68 bits per heavy atom. The molecule has 3 N–H and O–H groups in total. The first-order valence-electron chi connectivity index (χ1n) is 17.5. The van der Waals surface area contributed by atoms with Gasteiger partial charge in [0.25, 0.3) is 0 Å². The van der Waals surface area contributed by atoms with Crippen molar-refractivity contribution < 1.29 is 19.1 Å². The number of allylic oxidation sites excluding steroid dienone is 1. The molecule has 2 saturated carbocycles. The molecule has 0 unspecified atom stereocenters. The highest BCUT2D eigenvalue weighted by atomic mass is 16.6. The topological polar surface area (TPSA) is 106 Å². The van der Waals surface area contributed by atoms with Crippen LogP contribution in [0.5, 0.6) is 5.75 Å². The first-order chi connectivity index (χ1) is 22.6. The molecule has 2 amide bonds. The second-order valence-corrected chi connectivity index (χ2v) is 14.0. The number of amides is 2. The van der Waals surface area contributed by atoms with E-state index in [1.807, 2.05) is 46.0 Å². The summed E-state index contributed by atoms with van der Waals surface area (Å²) < 4.78 is 10.7. The van der Waals surface area contributed by atoms with Gasteiger partial charge in [0.2, 0.25) is 5.91 Å². The molecular weight excluding hydrogens is 588 g/mol. The molecule has 0 saturated heterocycles. The summed E-state index contributed by atoms with van der Waals surface area (Å²) in [6.45, 7) is 11.2. The number of hydrogen-bond acceptors (Lipinski definition) is 6. The van der Waals surface area contributed by atoms with Crippen molar-refractivity contribution in [3.8, 4) is 5.75 Å². The number of benzene rings is 2. The molecule has 2 aliphatic carbocycles. The lowest BCUT2D eigenvalue weighted by Gasteiger charge is -2.36. The number of aryl methyl sites for hydroxylation is 1. The van der Waals surface area contributed by atoms with Gasteiger partial charge in [-0.2, -0.15) is 0 Å². The number of nitrogens with two attached hydrogens (primary N) is 1. The van der Waals surface area contributed by atoms with Crippen LogP contribution in [0.1, 0.15) is 102 Å². The normalized spacial score (nSPS) is 22.0. The average Bonchev–Trinajstić information content (AvgIpc) is 3.06. The van der Waals surface area contributed by atoms with Crippen molar-refractivity contribution in [3.63, 3.8) is 0 Å². The molecular formula is C39H56N4O4. The predicted molar refractivity (Wildman–Crippen MR) is 192 cm³/mol. The quantitative estimate of drug-likeness (QED) is 0.228. The molecule has 0 heterocycles. The maximum atomic E-state index is 14.4. The molecule has 2 fully saturated rings. The molecule has 2 aromatic carbocycles. The van der Waals surface area contributed by atoms with Gasteiger partial charge in [-0.1, -0.05) is 24.3 Å². The molecule has 2 aromatic rings. The number of hydrogen-bond donors (Lipinski definition) is 2. The lowest BCUT2D eigenvalue weighted by molar-refractivity contribution is -0.123. The van der Waals surface area contributed by atoms with Gasteiger partial charge in [-0.3, -0.25) is 9.79 Å². The summed E-state index contributed by atoms with van der Waals surface area (Å²) in [7, 11) is 1.72. The number of nitrogens with one attached hydrogen (secondary N) is 1. The van der Waals surface area contributed by atoms with Gasteiger partial charge in [-0.15, -0.1) is 0 Å². The number of carbonyl (C=O) groups excluding carboxylic acids is 2. The second-order valence-electron chi connectivity index (χ2n) is 14.0. The highest BCUT2D eigenvalue weighted by Gasteiger charge is 2.33. The SMILES string of the molecule is COc1ccc(C2CCC(CN(C(=O)C3CCC(CNC(=O)OC(C)C)CC3)c3cccc(/C(C=NC(C)C)=C/N)c3)CC2)cc1C. The van der Waals surface area contributed by atoms with E-state index in [2.05, 4.69) is 52.5 Å². The minimum atomic E-state index is -0.370. The molecule has 256 valence electrons. The van der Waals surface area contributed by atoms with Crippen LogP contribution in [-0.4, -0.2) is 50.6 Å². The first-order valence-corrected chi connectivity index (χ1v) is 17.5. The van der Waals surface area contributed by atoms with Gasteiger partial charge in [0, 0.05) is 48.7 Å². The fraction of sp³-hybridized carbons (Fsp3) is 0.564. The van der Waals surface area contributed by atoms with Crippen LogP contribution in [0.4, 0.5) is 10.5 Å². The summed E-state index contributed by atoms with van der Waals surface area (Å²) in [5.74, 6) is 2.41. The summed E-state index contributed by atoms with van der Waals surface area (Å²) in [6, 6.07) is 14.9. The third-order valence-electron chi connectivity index (χ3n) is 9.70. The van der Waals surface area contributed by atoms with Crippen LogP contribution in [0.3, 0.4) is 0 Å². The van der Waals surface area contributed by atoms with Crippen molar-refractivity contribution >= 4 is 29.5 Å². The van der Waals surface area contributed by atoms with Crippen LogP contribution < -0.4 is 20.7 Å². The van der Waals surface area contributed by atoms with E-state index in [4.69, 9.17) is 15.2 Å². The zero-order valence-corrected chi connectivity index (χ0v) is 29.3. The van der Waals surface area contributed by atoms with E-state index in [9.17, 15) is 9.59 Å². The standard InChI is InChI=1S/C39H56N4O4/c1-26(2)41-24-35(22-40)33-8-7-9-36(21-33)43(38(44)32-16-10-29(11-17-32)23-42-39(45)47-27(3)4)25-30-12-14-31(15-13-30)34-18-19-37(46-6)28(5)20-34/h7-9,18-22,24,26-27,29-32H,10-17,23,25,40H2,1-6H3,(H,42,45)/b35-22+,41-24?. The number of alkyl carbamates (subject to hydrolysis) is 1. The Balaban J connectivity index is 1.47. The predicted octanol–water partition coefficient (Wildman–Crippen LogP) is 8.03. The van der Waals surface area contributed by atoms with Crippen molar-refractivity contribution in [2.24, 2.45) is 28.5 Å². The Hall–Kier alpha value is -3.81. The van der Waals surface area contributed by atoms with Crippen molar-refractivity contribution in [2.75, 3.05) is 25.1 Å². The van der Waals surface area contributed by atoms with Gasteiger partial charge in [0.1, 0.15) is 5.75 Å². The van der Waals surface area contributed by atoms with E-state index in [1.54, 1.807) is 13.3 Å². The number of rotatable bonds is 12. The molecule has 0 radical (unpaired) electrons. The molecule has 0 aromatic heterocycles.